The summed E-state index contributed by atoms with van der Waals surface area (Å²) in [6.45, 7) is 13.0. The quantitative estimate of drug-likeness (QED) is 0.563. The number of fused-ring (bicyclic) bond motifs is 5. The van der Waals surface area contributed by atoms with Crippen molar-refractivity contribution >= 4 is 19.9 Å². The normalized spacial score (nSPS) is 16.5. The van der Waals surface area contributed by atoms with Gasteiger partial charge in [0.05, 0.1) is 0 Å². The van der Waals surface area contributed by atoms with Gasteiger partial charge < -0.3 is 9.55 Å². The van der Waals surface area contributed by atoms with E-state index in [1.807, 2.05) is 0 Å². The summed E-state index contributed by atoms with van der Waals surface area (Å²) >= 11 is 0. The van der Waals surface area contributed by atoms with Gasteiger partial charge in [-0.05, 0) is 50.9 Å². The van der Waals surface area contributed by atoms with Crippen LogP contribution < -0.4 is 0 Å². The average molecular weight is 362 g/mol. The van der Waals surface area contributed by atoms with Gasteiger partial charge in [-0.3, -0.25) is 0 Å². The first-order valence-electron chi connectivity index (χ1n) is 9.65. The molecule has 0 fully saturated rings. The molecule has 0 spiro atoms. The molecule has 0 aliphatic heterocycles. The zero-order valence-corrected chi connectivity index (χ0v) is 17.6. The van der Waals surface area contributed by atoms with E-state index >= 15 is 0 Å². The first-order valence-corrected chi connectivity index (χ1v) is 12.1. The third-order valence-electron chi connectivity index (χ3n) is 5.68. The van der Waals surface area contributed by atoms with Gasteiger partial charge >= 0.3 is 0 Å². The van der Waals surface area contributed by atoms with Crippen LogP contribution in [0.4, 0.5) is 0 Å². The van der Waals surface area contributed by atoms with E-state index in [1.54, 1.807) is 0 Å². The Labute approximate surface area is 158 Å². The number of nitrogens with one attached hydrogen (secondary N) is 1. The van der Waals surface area contributed by atoms with Gasteiger partial charge in [0.2, 0.25) is 0 Å². The molecule has 0 saturated heterocycles. The van der Waals surface area contributed by atoms with Crippen LogP contribution in [-0.2, 0) is 0 Å². The predicted octanol–water partition coefficient (Wildman–Crippen LogP) is 6.02. The van der Waals surface area contributed by atoms with E-state index < -0.39 is 8.96 Å². The Kier molecular flexibility index (Phi) is 4.32. The molecule has 1 N–H and O–H groups in total. The third kappa shape index (κ3) is 2.83. The lowest BCUT2D eigenvalue weighted by atomic mass is 9.96. The van der Waals surface area contributed by atoms with Crippen LogP contribution in [0.15, 0.2) is 48.5 Å². The number of para-hydroxylation sites is 1. The molecule has 3 heteroatoms. The molecule has 135 valence electrons. The second-order valence-corrected chi connectivity index (χ2v) is 11.1. The molecule has 0 amide bonds. The molecule has 1 atom stereocenters. The molecule has 3 aromatic rings. The Morgan fingerprint density at radius 3 is 2.42 bits per heavy atom. The summed E-state index contributed by atoms with van der Waals surface area (Å²) in [5.74, 6) is 0.472. The Bertz CT molecular complexity index is 933. The summed E-state index contributed by atoms with van der Waals surface area (Å²) in [6.07, 6.45) is 1.17. The molecule has 2 aromatic carbocycles. The van der Waals surface area contributed by atoms with E-state index in [2.05, 4.69) is 91.9 Å². The van der Waals surface area contributed by atoms with Gasteiger partial charge in [-0.2, -0.15) is 0 Å². The van der Waals surface area contributed by atoms with Crippen molar-refractivity contribution in [2.75, 3.05) is 6.54 Å². The summed E-state index contributed by atoms with van der Waals surface area (Å²) in [7, 11) is -0.476. The monoisotopic (exact) mass is 361 g/mol. The summed E-state index contributed by atoms with van der Waals surface area (Å²) < 4.78 is 2.72. The Morgan fingerprint density at radius 1 is 1.00 bits per heavy atom. The maximum atomic E-state index is 3.75. The smallest absolute Gasteiger partial charge is 0.130 e. The largest absolute Gasteiger partial charge is 0.357 e. The number of aromatic amines is 1. The average Bonchev–Trinajstić information content (AvgIpc) is 3.09. The summed E-state index contributed by atoms with van der Waals surface area (Å²) in [5.41, 5.74) is 7.27. The van der Waals surface area contributed by atoms with Crippen LogP contribution in [0.1, 0.15) is 44.4 Å². The first kappa shape index (κ1) is 17.6. The Balaban J connectivity index is 1.74. The third-order valence-corrected chi connectivity index (χ3v) is 7.65. The van der Waals surface area contributed by atoms with Crippen molar-refractivity contribution in [1.82, 2.24) is 9.55 Å². The van der Waals surface area contributed by atoms with Gasteiger partial charge in [0.25, 0.3) is 0 Å². The van der Waals surface area contributed by atoms with Crippen molar-refractivity contribution in [3.63, 3.8) is 0 Å². The minimum Gasteiger partial charge on any atom is -0.357 e. The number of hydrogen-bond donors (Lipinski definition) is 1. The van der Waals surface area contributed by atoms with E-state index in [1.165, 1.54) is 39.7 Å². The molecular weight excluding hydrogens is 332 g/mol. The highest BCUT2D eigenvalue weighted by atomic mass is 28.3. The fraction of sp³-hybridized carbons (Fsp3) is 0.391. The molecule has 2 nitrogen and oxygen atoms in total. The number of aromatic nitrogens is 1. The second-order valence-electron chi connectivity index (χ2n) is 8.66. The van der Waals surface area contributed by atoms with Gasteiger partial charge in [-0.1, -0.05) is 55.6 Å². The lowest BCUT2D eigenvalue weighted by molar-refractivity contribution is 0.243. The minimum absolute atomic E-state index is 0.235. The molecule has 1 aliphatic carbocycles. The molecule has 0 bridgehead atoms. The highest BCUT2D eigenvalue weighted by Gasteiger charge is 2.33. The van der Waals surface area contributed by atoms with Gasteiger partial charge in [0.15, 0.2) is 0 Å². The van der Waals surface area contributed by atoms with Gasteiger partial charge in [-0.25, -0.2) is 0 Å². The maximum absolute atomic E-state index is 3.75. The van der Waals surface area contributed by atoms with Crippen LogP contribution in [0.2, 0.25) is 13.1 Å². The molecule has 1 heterocycles. The lowest BCUT2D eigenvalue weighted by Crippen LogP contribution is -2.49. The van der Waals surface area contributed by atoms with Crippen LogP contribution in [0.5, 0.6) is 0 Å². The molecule has 1 aliphatic rings. The second kappa shape index (κ2) is 6.40. The van der Waals surface area contributed by atoms with E-state index in [-0.39, 0.29) is 5.54 Å². The van der Waals surface area contributed by atoms with Crippen molar-refractivity contribution in [1.29, 1.82) is 0 Å². The summed E-state index contributed by atoms with van der Waals surface area (Å²) in [5, 5.41) is 1.36. The van der Waals surface area contributed by atoms with Crippen LogP contribution in [0.25, 0.3) is 22.0 Å². The van der Waals surface area contributed by atoms with Gasteiger partial charge in [0.1, 0.15) is 8.96 Å². The van der Waals surface area contributed by atoms with Crippen molar-refractivity contribution in [3.8, 4) is 11.1 Å². The Hall–Kier alpha value is -1.84. The number of H-pyrrole nitrogens is 1. The molecule has 0 saturated carbocycles. The molecule has 1 unspecified atom stereocenters. The molecule has 1 radical (unpaired) electrons. The summed E-state index contributed by atoms with van der Waals surface area (Å²) in [4.78, 5) is 3.75. The Morgan fingerprint density at radius 2 is 1.69 bits per heavy atom. The van der Waals surface area contributed by atoms with Crippen LogP contribution in [0, 0.1) is 0 Å². The van der Waals surface area contributed by atoms with E-state index in [9.17, 15) is 0 Å². The zero-order chi connectivity index (χ0) is 18.5. The number of hydrogen-bond acceptors (Lipinski definition) is 1. The number of nitrogens with zero attached hydrogens (tertiary/aromatic N) is 1. The van der Waals surface area contributed by atoms with Crippen LogP contribution in [0.3, 0.4) is 0 Å². The van der Waals surface area contributed by atoms with Crippen molar-refractivity contribution in [2.24, 2.45) is 0 Å². The van der Waals surface area contributed by atoms with Crippen molar-refractivity contribution < 1.29 is 0 Å². The van der Waals surface area contributed by atoms with E-state index in [0.717, 1.165) is 6.54 Å². The van der Waals surface area contributed by atoms with Gasteiger partial charge in [0, 0.05) is 33.6 Å². The number of rotatable bonds is 4. The highest BCUT2D eigenvalue weighted by Crippen LogP contribution is 2.49. The molecule has 26 heavy (non-hydrogen) atoms. The van der Waals surface area contributed by atoms with Crippen molar-refractivity contribution in [2.45, 2.75) is 51.7 Å². The van der Waals surface area contributed by atoms with Crippen LogP contribution in [-0.4, -0.2) is 30.6 Å². The van der Waals surface area contributed by atoms with Crippen LogP contribution >= 0.6 is 0 Å². The fourth-order valence-electron chi connectivity index (χ4n) is 4.69. The first-order chi connectivity index (χ1) is 12.4. The molecule has 4 rings (SSSR count). The minimum atomic E-state index is -0.476. The lowest BCUT2D eigenvalue weighted by Gasteiger charge is -2.39. The molecular formula is C23H29N2Si. The van der Waals surface area contributed by atoms with E-state index in [4.69, 9.17) is 0 Å². The summed E-state index contributed by atoms with van der Waals surface area (Å²) in [6, 6.07) is 17.7. The topological polar surface area (TPSA) is 19.0 Å². The standard InChI is InChI=1S/C23H29N2Si/c1-23(2,3)25(26(4)5)15-14-18-16-10-6-7-11-17(16)21-19-12-8-9-13-20(19)24-22(18)21/h6-13,18,24H,14-15H2,1-5H3. The number of benzene rings is 2. The fourth-order valence-corrected chi connectivity index (χ4v) is 6.60. The molecule has 1 aromatic heterocycles. The van der Waals surface area contributed by atoms with E-state index in [0.29, 0.717) is 5.92 Å². The predicted molar refractivity (Wildman–Crippen MR) is 114 cm³/mol. The zero-order valence-electron chi connectivity index (χ0n) is 16.6. The highest BCUT2D eigenvalue weighted by molar-refractivity contribution is 6.52. The van der Waals surface area contributed by atoms with Crippen molar-refractivity contribution in [3.05, 3.63) is 59.8 Å². The SMILES string of the molecule is C[Si](C)N(CCC1c2ccccc2-c2c1[nH]c1ccccc21)C(C)(C)C. The van der Waals surface area contributed by atoms with Gasteiger partial charge in [-0.15, -0.1) is 0 Å². The maximum Gasteiger partial charge on any atom is 0.130 e.